The number of hydrogen-bond donors (Lipinski definition) is 1. The van der Waals surface area contributed by atoms with Gasteiger partial charge in [-0.15, -0.1) is 0 Å². The summed E-state index contributed by atoms with van der Waals surface area (Å²) in [5.41, 5.74) is 2.13. The monoisotopic (exact) mass is 297 g/mol. The molecular weight excluding hydrogens is 278 g/mol. The molecule has 0 radical (unpaired) electrons. The Kier molecular flexibility index (Phi) is 5.20. The number of nitrogens with one attached hydrogen (secondary N) is 1. The molecular formula is C18H19NO3. The molecule has 0 fully saturated rings. The summed E-state index contributed by atoms with van der Waals surface area (Å²) < 4.78 is 10.7. The van der Waals surface area contributed by atoms with E-state index in [9.17, 15) is 4.79 Å². The minimum Gasteiger partial charge on any atom is -0.497 e. The molecule has 0 spiro atoms. The van der Waals surface area contributed by atoms with Crippen LogP contribution in [-0.2, 0) is 0 Å². The zero-order valence-corrected chi connectivity index (χ0v) is 12.8. The van der Waals surface area contributed by atoms with Crippen molar-refractivity contribution < 1.29 is 14.3 Å². The van der Waals surface area contributed by atoms with Crippen molar-refractivity contribution in [3.05, 3.63) is 66.2 Å². The third-order valence-corrected chi connectivity index (χ3v) is 2.91. The lowest BCUT2D eigenvalue weighted by Crippen LogP contribution is -2.12. The minimum atomic E-state index is -0.200. The van der Waals surface area contributed by atoms with Crippen molar-refractivity contribution in [3.8, 4) is 11.5 Å². The molecule has 0 aliphatic carbocycles. The van der Waals surface area contributed by atoms with Crippen LogP contribution >= 0.6 is 0 Å². The number of carbonyl (C=O) groups excluding carboxylic acids is 1. The fourth-order valence-electron chi connectivity index (χ4n) is 1.84. The Bertz CT molecular complexity index is 680. The number of ether oxygens (including phenoxy) is 2. The summed E-state index contributed by atoms with van der Waals surface area (Å²) in [5.74, 6) is 1.13. The van der Waals surface area contributed by atoms with Gasteiger partial charge in [0.1, 0.15) is 18.1 Å². The maximum Gasteiger partial charge on any atom is 0.255 e. The van der Waals surface area contributed by atoms with Crippen LogP contribution in [0, 0.1) is 0 Å². The van der Waals surface area contributed by atoms with Crippen molar-refractivity contribution in [1.82, 2.24) is 0 Å². The van der Waals surface area contributed by atoms with E-state index in [0.717, 1.165) is 5.57 Å². The first kappa shape index (κ1) is 15.6. The third kappa shape index (κ3) is 4.38. The van der Waals surface area contributed by atoms with E-state index in [1.54, 1.807) is 31.4 Å². The van der Waals surface area contributed by atoms with E-state index in [0.29, 0.717) is 29.4 Å². The Morgan fingerprint density at radius 3 is 2.59 bits per heavy atom. The molecule has 0 aliphatic rings. The van der Waals surface area contributed by atoms with E-state index in [2.05, 4.69) is 11.9 Å². The molecule has 2 rings (SSSR count). The van der Waals surface area contributed by atoms with E-state index in [4.69, 9.17) is 9.47 Å². The van der Waals surface area contributed by atoms with Gasteiger partial charge in [-0.2, -0.15) is 0 Å². The van der Waals surface area contributed by atoms with Gasteiger partial charge in [0.2, 0.25) is 0 Å². The second kappa shape index (κ2) is 7.31. The number of rotatable bonds is 6. The molecule has 1 N–H and O–H groups in total. The Morgan fingerprint density at radius 2 is 1.86 bits per heavy atom. The van der Waals surface area contributed by atoms with E-state index in [1.165, 1.54) is 0 Å². The molecule has 4 heteroatoms. The Balaban J connectivity index is 2.08. The van der Waals surface area contributed by atoms with Crippen LogP contribution in [0.1, 0.15) is 17.3 Å². The van der Waals surface area contributed by atoms with Crippen LogP contribution < -0.4 is 14.8 Å². The molecule has 0 aromatic heterocycles. The lowest BCUT2D eigenvalue weighted by atomic mass is 10.2. The number of carbonyl (C=O) groups is 1. The van der Waals surface area contributed by atoms with Gasteiger partial charge in [0.15, 0.2) is 0 Å². The molecule has 0 saturated carbocycles. The highest BCUT2D eigenvalue weighted by atomic mass is 16.5. The molecule has 0 aliphatic heterocycles. The summed E-state index contributed by atoms with van der Waals surface area (Å²) in [7, 11) is 1.59. The molecule has 22 heavy (non-hydrogen) atoms. The lowest BCUT2D eigenvalue weighted by molar-refractivity contribution is 0.102. The van der Waals surface area contributed by atoms with E-state index < -0.39 is 0 Å². The second-order valence-electron chi connectivity index (χ2n) is 4.96. The quantitative estimate of drug-likeness (QED) is 0.823. The van der Waals surface area contributed by atoms with E-state index >= 15 is 0 Å². The largest absolute Gasteiger partial charge is 0.497 e. The van der Waals surface area contributed by atoms with Crippen LogP contribution in [0.15, 0.2) is 60.7 Å². The summed E-state index contributed by atoms with van der Waals surface area (Å²) in [6.45, 7) is 6.10. The normalized spacial score (nSPS) is 9.91. The summed E-state index contributed by atoms with van der Waals surface area (Å²) >= 11 is 0. The fourth-order valence-corrected chi connectivity index (χ4v) is 1.84. The molecule has 2 aromatic carbocycles. The van der Waals surface area contributed by atoms with Crippen molar-refractivity contribution in [2.75, 3.05) is 19.0 Å². The van der Waals surface area contributed by atoms with Crippen molar-refractivity contribution in [3.63, 3.8) is 0 Å². The Labute approximate surface area is 130 Å². The zero-order valence-electron chi connectivity index (χ0n) is 12.8. The summed E-state index contributed by atoms with van der Waals surface area (Å²) in [6.07, 6.45) is 0. The molecule has 4 nitrogen and oxygen atoms in total. The van der Waals surface area contributed by atoms with E-state index in [1.807, 2.05) is 31.2 Å². The maximum atomic E-state index is 12.3. The molecule has 0 saturated heterocycles. The van der Waals surface area contributed by atoms with Crippen LogP contribution in [0.3, 0.4) is 0 Å². The van der Waals surface area contributed by atoms with Crippen LogP contribution in [-0.4, -0.2) is 19.6 Å². The third-order valence-electron chi connectivity index (χ3n) is 2.91. The second-order valence-corrected chi connectivity index (χ2v) is 4.96. The number of hydrogen-bond acceptors (Lipinski definition) is 3. The van der Waals surface area contributed by atoms with Crippen LogP contribution in [0.5, 0.6) is 11.5 Å². The number of anilines is 1. The minimum absolute atomic E-state index is 0.200. The summed E-state index contributed by atoms with van der Waals surface area (Å²) in [4.78, 5) is 12.3. The van der Waals surface area contributed by atoms with Gasteiger partial charge >= 0.3 is 0 Å². The topological polar surface area (TPSA) is 47.6 Å². The van der Waals surface area contributed by atoms with Gasteiger partial charge in [0, 0.05) is 17.3 Å². The van der Waals surface area contributed by atoms with Crippen molar-refractivity contribution in [2.24, 2.45) is 0 Å². The highest BCUT2D eigenvalue weighted by Crippen LogP contribution is 2.19. The van der Waals surface area contributed by atoms with Gasteiger partial charge in [0.05, 0.1) is 7.11 Å². The molecule has 114 valence electrons. The van der Waals surface area contributed by atoms with Crippen LogP contribution in [0.2, 0.25) is 0 Å². The van der Waals surface area contributed by atoms with Crippen molar-refractivity contribution in [2.45, 2.75) is 6.92 Å². The Morgan fingerprint density at radius 1 is 1.14 bits per heavy atom. The number of amides is 1. The molecule has 0 heterocycles. The number of benzene rings is 2. The van der Waals surface area contributed by atoms with Gasteiger partial charge in [-0.1, -0.05) is 18.7 Å². The summed E-state index contributed by atoms with van der Waals surface area (Å²) in [6, 6.07) is 14.3. The lowest BCUT2D eigenvalue weighted by Gasteiger charge is -2.09. The standard InChI is InChI=1S/C18H19NO3/c1-13(2)12-22-17-9-4-6-14(10-17)18(20)19-15-7-5-8-16(11-15)21-3/h4-11H,1,12H2,2-3H3,(H,19,20). The van der Waals surface area contributed by atoms with E-state index in [-0.39, 0.29) is 5.91 Å². The van der Waals surface area contributed by atoms with Gasteiger partial charge < -0.3 is 14.8 Å². The van der Waals surface area contributed by atoms with Crippen molar-refractivity contribution in [1.29, 1.82) is 0 Å². The SMILES string of the molecule is C=C(C)COc1cccc(C(=O)Nc2cccc(OC)c2)c1. The highest BCUT2D eigenvalue weighted by Gasteiger charge is 2.08. The molecule has 2 aromatic rings. The summed E-state index contributed by atoms with van der Waals surface area (Å²) in [5, 5.41) is 2.83. The first-order chi connectivity index (χ1) is 10.6. The predicted molar refractivity (Wildman–Crippen MR) is 87.7 cm³/mol. The highest BCUT2D eigenvalue weighted by molar-refractivity contribution is 6.04. The Hall–Kier alpha value is -2.75. The zero-order chi connectivity index (χ0) is 15.9. The average Bonchev–Trinajstić information content (AvgIpc) is 2.53. The molecule has 0 unspecified atom stereocenters. The van der Waals surface area contributed by atoms with Gasteiger partial charge in [-0.25, -0.2) is 0 Å². The predicted octanol–water partition coefficient (Wildman–Crippen LogP) is 3.90. The van der Waals surface area contributed by atoms with Gasteiger partial charge in [-0.05, 0) is 42.8 Å². The molecule has 0 bridgehead atoms. The first-order valence-electron chi connectivity index (χ1n) is 6.91. The maximum absolute atomic E-state index is 12.3. The van der Waals surface area contributed by atoms with Crippen LogP contribution in [0.25, 0.3) is 0 Å². The molecule has 0 atom stereocenters. The first-order valence-corrected chi connectivity index (χ1v) is 6.91. The van der Waals surface area contributed by atoms with Crippen molar-refractivity contribution >= 4 is 11.6 Å². The average molecular weight is 297 g/mol. The van der Waals surface area contributed by atoms with Gasteiger partial charge in [0.25, 0.3) is 5.91 Å². The van der Waals surface area contributed by atoms with Crippen LogP contribution in [0.4, 0.5) is 5.69 Å². The smallest absolute Gasteiger partial charge is 0.255 e. The van der Waals surface area contributed by atoms with Gasteiger partial charge in [-0.3, -0.25) is 4.79 Å². The number of methoxy groups -OCH3 is 1. The molecule has 1 amide bonds. The fraction of sp³-hybridized carbons (Fsp3) is 0.167.